The Hall–Kier alpha value is -3.12. The Morgan fingerprint density at radius 2 is 1.68 bits per heavy atom. The Morgan fingerprint density at radius 1 is 0.893 bits per heavy atom. The van der Waals surface area contributed by atoms with Crippen LogP contribution < -0.4 is 4.74 Å². The summed E-state index contributed by atoms with van der Waals surface area (Å²) in [6.45, 7) is 0.714. The number of thioether (sulfide) groups is 1. The molecule has 0 aliphatic heterocycles. The molecule has 0 atom stereocenters. The van der Waals surface area contributed by atoms with Gasteiger partial charge in [0.25, 0.3) is 0 Å². The van der Waals surface area contributed by atoms with E-state index < -0.39 is 0 Å². The topological polar surface area (TPSA) is 52.8 Å². The van der Waals surface area contributed by atoms with E-state index in [9.17, 15) is 0 Å². The van der Waals surface area contributed by atoms with Crippen molar-refractivity contribution in [1.82, 2.24) is 19.7 Å². The number of nitrogens with zero attached hydrogens (tertiary/aromatic N) is 4. The van der Waals surface area contributed by atoms with Crippen molar-refractivity contribution in [1.29, 1.82) is 0 Å². The maximum atomic E-state index is 5.32. The second kappa shape index (κ2) is 8.71. The molecule has 0 bridgehead atoms. The SMILES string of the molecule is COc1cccc(CSc2nnc(-c3ccncc3)n2Cc2ccccc2)c1. The van der Waals surface area contributed by atoms with Gasteiger partial charge in [0.05, 0.1) is 13.7 Å². The van der Waals surface area contributed by atoms with E-state index in [0.717, 1.165) is 28.0 Å². The van der Waals surface area contributed by atoms with Crippen molar-refractivity contribution in [2.45, 2.75) is 17.5 Å². The average molecular weight is 388 g/mol. The molecule has 0 aliphatic rings. The summed E-state index contributed by atoms with van der Waals surface area (Å²) in [5.74, 6) is 2.50. The van der Waals surface area contributed by atoms with Crippen molar-refractivity contribution in [2.24, 2.45) is 0 Å². The molecule has 2 aromatic heterocycles. The molecule has 4 aromatic rings. The number of ether oxygens (including phenoxy) is 1. The van der Waals surface area contributed by atoms with Gasteiger partial charge in [0.1, 0.15) is 5.75 Å². The lowest BCUT2D eigenvalue weighted by Gasteiger charge is -2.11. The first-order chi connectivity index (χ1) is 13.8. The highest BCUT2D eigenvalue weighted by Gasteiger charge is 2.15. The lowest BCUT2D eigenvalue weighted by atomic mass is 10.2. The van der Waals surface area contributed by atoms with Crippen molar-refractivity contribution < 1.29 is 4.74 Å². The first-order valence-electron chi connectivity index (χ1n) is 8.97. The Balaban J connectivity index is 1.63. The lowest BCUT2D eigenvalue weighted by molar-refractivity contribution is 0.414. The van der Waals surface area contributed by atoms with Gasteiger partial charge in [-0.3, -0.25) is 9.55 Å². The van der Waals surface area contributed by atoms with Crippen LogP contribution in [0.5, 0.6) is 5.75 Å². The maximum Gasteiger partial charge on any atom is 0.192 e. The van der Waals surface area contributed by atoms with Crippen LogP contribution in [0.25, 0.3) is 11.4 Å². The van der Waals surface area contributed by atoms with E-state index >= 15 is 0 Å². The van der Waals surface area contributed by atoms with Crippen molar-refractivity contribution in [3.8, 4) is 17.1 Å². The van der Waals surface area contributed by atoms with E-state index in [2.05, 4.69) is 56.1 Å². The third-order valence-corrected chi connectivity index (χ3v) is 5.38. The molecule has 28 heavy (non-hydrogen) atoms. The predicted molar refractivity (Wildman–Crippen MR) is 111 cm³/mol. The number of methoxy groups -OCH3 is 1. The van der Waals surface area contributed by atoms with Crippen LogP contribution in [0, 0.1) is 0 Å². The third kappa shape index (κ3) is 4.23. The molecule has 0 spiro atoms. The van der Waals surface area contributed by atoms with E-state index in [0.29, 0.717) is 6.54 Å². The number of hydrogen-bond donors (Lipinski definition) is 0. The molecular weight excluding hydrogens is 368 g/mol. The van der Waals surface area contributed by atoms with E-state index in [1.807, 2.05) is 30.3 Å². The van der Waals surface area contributed by atoms with Crippen LogP contribution in [0.3, 0.4) is 0 Å². The first-order valence-corrected chi connectivity index (χ1v) is 9.95. The summed E-state index contributed by atoms with van der Waals surface area (Å²) < 4.78 is 7.49. The van der Waals surface area contributed by atoms with Crippen LogP contribution in [-0.4, -0.2) is 26.9 Å². The monoisotopic (exact) mass is 388 g/mol. The van der Waals surface area contributed by atoms with Crippen LogP contribution >= 0.6 is 11.8 Å². The Morgan fingerprint density at radius 3 is 2.46 bits per heavy atom. The maximum absolute atomic E-state index is 5.32. The standard InChI is InChI=1S/C22H20N4OS/c1-27-20-9-5-8-18(14-20)16-28-22-25-24-21(19-10-12-23-13-11-19)26(22)15-17-6-3-2-4-7-17/h2-14H,15-16H2,1H3. The quantitative estimate of drug-likeness (QED) is 0.430. The average Bonchev–Trinajstić information content (AvgIpc) is 3.16. The summed E-state index contributed by atoms with van der Waals surface area (Å²) in [6, 6.07) is 22.4. The van der Waals surface area contributed by atoms with Gasteiger partial charge >= 0.3 is 0 Å². The third-order valence-electron chi connectivity index (χ3n) is 4.34. The number of hydrogen-bond acceptors (Lipinski definition) is 5. The molecule has 0 saturated heterocycles. The molecule has 0 aliphatic carbocycles. The number of pyridine rings is 1. The van der Waals surface area contributed by atoms with Crippen molar-refractivity contribution >= 4 is 11.8 Å². The van der Waals surface area contributed by atoms with Gasteiger partial charge in [0.15, 0.2) is 11.0 Å². The Labute approximate surface area is 168 Å². The van der Waals surface area contributed by atoms with Crippen LogP contribution in [0.1, 0.15) is 11.1 Å². The molecule has 0 radical (unpaired) electrons. The first kappa shape index (κ1) is 18.3. The van der Waals surface area contributed by atoms with Gasteiger partial charge in [0.2, 0.25) is 0 Å². The van der Waals surface area contributed by atoms with Gasteiger partial charge in [0, 0.05) is 23.7 Å². The van der Waals surface area contributed by atoms with Gasteiger partial charge in [-0.15, -0.1) is 10.2 Å². The minimum atomic E-state index is 0.714. The fraction of sp³-hybridized carbons (Fsp3) is 0.136. The zero-order chi connectivity index (χ0) is 19.2. The summed E-state index contributed by atoms with van der Waals surface area (Å²) >= 11 is 1.67. The van der Waals surface area contributed by atoms with Gasteiger partial charge in [-0.05, 0) is 35.4 Å². The molecule has 0 amide bonds. The molecule has 5 nitrogen and oxygen atoms in total. The van der Waals surface area contributed by atoms with Crippen LogP contribution in [0.2, 0.25) is 0 Å². The van der Waals surface area contributed by atoms with Gasteiger partial charge < -0.3 is 4.74 Å². The molecule has 0 unspecified atom stereocenters. The number of aromatic nitrogens is 4. The lowest BCUT2D eigenvalue weighted by Crippen LogP contribution is -2.04. The molecule has 0 N–H and O–H groups in total. The number of benzene rings is 2. The summed E-state index contributed by atoms with van der Waals surface area (Å²) in [4.78, 5) is 4.11. The van der Waals surface area contributed by atoms with E-state index in [4.69, 9.17) is 4.74 Å². The highest BCUT2D eigenvalue weighted by Crippen LogP contribution is 2.28. The van der Waals surface area contributed by atoms with Crippen molar-refractivity contribution in [3.05, 3.63) is 90.3 Å². The zero-order valence-electron chi connectivity index (χ0n) is 15.5. The Kier molecular flexibility index (Phi) is 5.68. The molecule has 4 rings (SSSR count). The summed E-state index contributed by atoms with van der Waals surface area (Å²) in [6.07, 6.45) is 3.56. The molecular formula is C22H20N4OS. The molecule has 2 heterocycles. The Bertz CT molecular complexity index is 1030. The molecule has 2 aromatic carbocycles. The molecule has 0 saturated carbocycles. The largest absolute Gasteiger partial charge is 0.497 e. The fourth-order valence-electron chi connectivity index (χ4n) is 2.93. The van der Waals surface area contributed by atoms with Crippen LogP contribution in [0.15, 0.2) is 84.3 Å². The summed E-state index contributed by atoms with van der Waals surface area (Å²) in [5.41, 5.74) is 3.40. The highest BCUT2D eigenvalue weighted by atomic mass is 32.2. The van der Waals surface area contributed by atoms with E-state index in [-0.39, 0.29) is 0 Å². The van der Waals surface area contributed by atoms with Crippen LogP contribution in [-0.2, 0) is 12.3 Å². The number of rotatable bonds is 7. The fourth-order valence-corrected chi connectivity index (χ4v) is 3.81. The molecule has 140 valence electrons. The second-order valence-electron chi connectivity index (χ2n) is 6.25. The van der Waals surface area contributed by atoms with Crippen molar-refractivity contribution in [2.75, 3.05) is 7.11 Å². The predicted octanol–water partition coefficient (Wildman–Crippen LogP) is 4.69. The normalized spacial score (nSPS) is 10.8. The van der Waals surface area contributed by atoms with Gasteiger partial charge in [-0.1, -0.05) is 54.2 Å². The van der Waals surface area contributed by atoms with Crippen molar-refractivity contribution in [3.63, 3.8) is 0 Å². The molecule has 0 fully saturated rings. The van der Waals surface area contributed by atoms with Gasteiger partial charge in [-0.2, -0.15) is 0 Å². The smallest absolute Gasteiger partial charge is 0.192 e. The minimum Gasteiger partial charge on any atom is -0.497 e. The zero-order valence-corrected chi connectivity index (χ0v) is 16.3. The van der Waals surface area contributed by atoms with Crippen LogP contribution in [0.4, 0.5) is 0 Å². The second-order valence-corrected chi connectivity index (χ2v) is 7.20. The summed E-state index contributed by atoms with van der Waals surface area (Å²) in [5, 5.41) is 9.83. The van der Waals surface area contributed by atoms with E-state index in [1.54, 1.807) is 31.3 Å². The van der Waals surface area contributed by atoms with E-state index in [1.165, 1.54) is 11.1 Å². The molecule has 6 heteroatoms. The summed E-state index contributed by atoms with van der Waals surface area (Å²) in [7, 11) is 1.68. The highest BCUT2D eigenvalue weighted by molar-refractivity contribution is 7.98. The minimum absolute atomic E-state index is 0.714. The van der Waals surface area contributed by atoms with Gasteiger partial charge in [-0.25, -0.2) is 0 Å².